The maximum Gasteiger partial charge on any atom is 0.323 e. The van der Waals surface area contributed by atoms with Crippen LogP contribution in [0.1, 0.15) is 6.92 Å². The molecule has 2 N–H and O–H groups in total. The highest BCUT2D eigenvalue weighted by atomic mass is 32.2. The molecule has 1 aromatic heterocycles. The zero-order valence-corrected chi connectivity index (χ0v) is 11.3. The van der Waals surface area contributed by atoms with Gasteiger partial charge in [-0.15, -0.1) is 0 Å². The summed E-state index contributed by atoms with van der Waals surface area (Å²) in [6.07, 6.45) is 0. The second-order valence-electron chi connectivity index (χ2n) is 3.40. The van der Waals surface area contributed by atoms with Crippen LogP contribution in [0, 0.1) is 0 Å². The summed E-state index contributed by atoms with van der Waals surface area (Å²) >= 11 is 0. The molecule has 0 saturated carbocycles. The van der Waals surface area contributed by atoms with Crippen molar-refractivity contribution >= 4 is 21.9 Å². The van der Waals surface area contributed by atoms with Crippen LogP contribution >= 0.6 is 0 Å². The Morgan fingerprint density at radius 1 is 1.32 bits per heavy atom. The van der Waals surface area contributed by atoms with E-state index in [1.165, 1.54) is 20.3 Å². The van der Waals surface area contributed by atoms with E-state index in [0.717, 1.165) is 6.92 Å². The Bertz CT molecular complexity index is 551. The fourth-order valence-corrected chi connectivity index (χ4v) is 1.80. The van der Waals surface area contributed by atoms with Crippen LogP contribution in [0.25, 0.3) is 0 Å². The number of hydrogen-bond acceptors (Lipinski definition) is 7. The van der Waals surface area contributed by atoms with Gasteiger partial charge in [-0.2, -0.15) is 9.97 Å². The van der Waals surface area contributed by atoms with Gasteiger partial charge in [0.15, 0.2) is 5.25 Å². The van der Waals surface area contributed by atoms with E-state index in [-0.39, 0.29) is 17.7 Å². The number of nitrogens with zero attached hydrogens (tertiary/aromatic N) is 2. The molecule has 106 valence electrons. The van der Waals surface area contributed by atoms with Crippen molar-refractivity contribution in [2.75, 3.05) is 18.9 Å². The van der Waals surface area contributed by atoms with Gasteiger partial charge in [0.25, 0.3) is 0 Å². The first-order chi connectivity index (χ1) is 8.80. The summed E-state index contributed by atoms with van der Waals surface area (Å²) in [5.74, 6) is -1.66. The van der Waals surface area contributed by atoms with Crippen molar-refractivity contribution in [1.82, 2.24) is 9.97 Å². The Balaban J connectivity index is 3.08. The van der Waals surface area contributed by atoms with Gasteiger partial charge in [0.05, 0.1) is 20.3 Å². The molecular formula is C9H13N3O6S. The van der Waals surface area contributed by atoms with Crippen LogP contribution in [-0.4, -0.2) is 48.9 Å². The molecule has 10 heteroatoms. The molecule has 0 aliphatic rings. The van der Waals surface area contributed by atoms with Crippen molar-refractivity contribution in [3.63, 3.8) is 0 Å². The van der Waals surface area contributed by atoms with E-state index >= 15 is 0 Å². The van der Waals surface area contributed by atoms with Gasteiger partial charge in [-0.1, -0.05) is 0 Å². The minimum Gasteiger partial charge on any atom is -0.481 e. The number of ether oxygens (including phenoxy) is 2. The van der Waals surface area contributed by atoms with E-state index in [2.05, 4.69) is 9.97 Å². The molecule has 0 fully saturated rings. The summed E-state index contributed by atoms with van der Waals surface area (Å²) in [5.41, 5.74) is 0. The first-order valence-corrected chi connectivity index (χ1v) is 6.56. The lowest BCUT2D eigenvalue weighted by Crippen LogP contribution is -2.32. The molecule has 0 aromatic carbocycles. The highest BCUT2D eigenvalue weighted by molar-refractivity contribution is 7.94. The molecule has 0 bridgehead atoms. The van der Waals surface area contributed by atoms with Crippen molar-refractivity contribution in [2.24, 2.45) is 0 Å². The second-order valence-corrected chi connectivity index (χ2v) is 5.41. The Labute approximate surface area is 109 Å². The van der Waals surface area contributed by atoms with Crippen molar-refractivity contribution in [3.8, 4) is 11.8 Å². The van der Waals surface area contributed by atoms with Gasteiger partial charge in [-0.25, -0.2) is 8.42 Å². The van der Waals surface area contributed by atoms with E-state index in [1.54, 1.807) is 0 Å². The molecule has 0 aliphatic carbocycles. The number of anilines is 1. The van der Waals surface area contributed by atoms with Gasteiger partial charge in [0, 0.05) is 0 Å². The number of sulfonamides is 1. The highest BCUT2D eigenvalue weighted by Gasteiger charge is 2.28. The summed E-state index contributed by atoms with van der Waals surface area (Å²) in [4.78, 5) is 18.1. The molecular weight excluding hydrogens is 278 g/mol. The summed E-state index contributed by atoms with van der Waals surface area (Å²) in [6, 6.07) is 1.35. The number of aliphatic carboxylic acids is 1. The quantitative estimate of drug-likeness (QED) is 0.731. The van der Waals surface area contributed by atoms with Crippen LogP contribution in [0.3, 0.4) is 0 Å². The number of carboxylic acids is 1. The zero-order chi connectivity index (χ0) is 14.6. The third-order valence-electron chi connectivity index (χ3n) is 2.14. The Morgan fingerprint density at radius 2 is 1.79 bits per heavy atom. The van der Waals surface area contributed by atoms with Crippen molar-refractivity contribution < 1.29 is 27.8 Å². The van der Waals surface area contributed by atoms with E-state index in [1.807, 2.05) is 4.72 Å². The lowest BCUT2D eigenvalue weighted by atomic mass is 10.5. The van der Waals surface area contributed by atoms with Crippen molar-refractivity contribution in [1.29, 1.82) is 0 Å². The molecule has 0 spiro atoms. The van der Waals surface area contributed by atoms with Crippen LogP contribution < -0.4 is 14.2 Å². The average molecular weight is 291 g/mol. The number of carboxylic acid groups (broad SMARTS) is 1. The van der Waals surface area contributed by atoms with Crippen LogP contribution in [0.4, 0.5) is 5.95 Å². The van der Waals surface area contributed by atoms with E-state index in [0.29, 0.717) is 0 Å². The number of carbonyl (C=O) groups is 1. The smallest absolute Gasteiger partial charge is 0.323 e. The average Bonchev–Trinajstić information content (AvgIpc) is 2.36. The third-order valence-corrected chi connectivity index (χ3v) is 3.74. The summed E-state index contributed by atoms with van der Waals surface area (Å²) in [6.45, 7) is 1.03. The SMILES string of the molecule is COc1cc(OC)nc(NS(=O)(=O)C(C)C(=O)O)n1. The molecule has 19 heavy (non-hydrogen) atoms. The Hall–Kier alpha value is -2.10. The minimum atomic E-state index is -4.15. The molecule has 1 rings (SSSR count). The number of hydrogen-bond donors (Lipinski definition) is 2. The molecule has 1 heterocycles. The molecule has 1 atom stereocenters. The Kier molecular flexibility index (Phi) is 4.48. The van der Waals surface area contributed by atoms with Crippen LogP contribution in [0.2, 0.25) is 0 Å². The summed E-state index contributed by atoms with van der Waals surface area (Å²) in [7, 11) is -1.48. The lowest BCUT2D eigenvalue weighted by Gasteiger charge is -2.11. The number of nitrogens with one attached hydrogen (secondary N) is 1. The normalized spacial score (nSPS) is 12.6. The van der Waals surface area contributed by atoms with Gasteiger partial charge < -0.3 is 14.6 Å². The largest absolute Gasteiger partial charge is 0.481 e. The number of rotatable bonds is 6. The van der Waals surface area contributed by atoms with Crippen LogP contribution in [0.15, 0.2) is 6.07 Å². The van der Waals surface area contributed by atoms with Crippen molar-refractivity contribution in [3.05, 3.63) is 6.07 Å². The lowest BCUT2D eigenvalue weighted by molar-refractivity contribution is -0.136. The summed E-state index contributed by atoms with van der Waals surface area (Å²) < 4.78 is 35.0. The predicted molar refractivity (Wildman–Crippen MR) is 64.8 cm³/mol. The molecule has 0 aliphatic heterocycles. The standard InChI is InChI=1S/C9H13N3O6S/c1-5(8(13)14)19(15,16)12-9-10-6(17-2)4-7(11-9)18-3/h4-5H,1-3H3,(H,13,14)(H,10,11,12). The van der Waals surface area contributed by atoms with Crippen molar-refractivity contribution in [2.45, 2.75) is 12.2 Å². The first kappa shape index (κ1) is 15.0. The predicted octanol–water partition coefficient (Wildman–Crippen LogP) is -0.291. The molecule has 1 aromatic rings. The maximum absolute atomic E-state index is 11.7. The zero-order valence-electron chi connectivity index (χ0n) is 10.4. The summed E-state index contributed by atoms with van der Waals surface area (Å²) in [5, 5.41) is 7.04. The second kappa shape index (κ2) is 5.69. The molecule has 9 nitrogen and oxygen atoms in total. The third kappa shape index (κ3) is 3.68. The first-order valence-electron chi connectivity index (χ1n) is 5.01. The fourth-order valence-electron chi connectivity index (χ4n) is 1.01. The molecule has 0 radical (unpaired) electrons. The van der Waals surface area contributed by atoms with Gasteiger partial charge in [-0.3, -0.25) is 9.52 Å². The van der Waals surface area contributed by atoms with Crippen LogP contribution in [-0.2, 0) is 14.8 Å². The molecule has 0 amide bonds. The van der Waals surface area contributed by atoms with E-state index in [9.17, 15) is 13.2 Å². The monoisotopic (exact) mass is 291 g/mol. The fraction of sp³-hybridized carbons (Fsp3) is 0.444. The van der Waals surface area contributed by atoms with E-state index < -0.39 is 21.2 Å². The van der Waals surface area contributed by atoms with Gasteiger partial charge >= 0.3 is 5.97 Å². The van der Waals surface area contributed by atoms with Gasteiger partial charge in [-0.05, 0) is 6.92 Å². The van der Waals surface area contributed by atoms with Crippen LogP contribution in [0.5, 0.6) is 11.8 Å². The molecule has 1 unspecified atom stereocenters. The minimum absolute atomic E-state index is 0.0764. The number of methoxy groups -OCH3 is 2. The van der Waals surface area contributed by atoms with Gasteiger partial charge in [0.2, 0.25) is 27.7 Å². The van der Waals surface area contributed by atoms with E-state index in [4.69, 9.17) is 14.6 Å². The topological polar surface area (TPSA) is 128 Å². The number of aromatic nitrogens is 2. The Morgan fingerprint density at radius 3 is 2.16 bits per heavy atom. The molecule has 0 saturated heterocycles. The highest BCUT2D eigenvalue weighted by Crippen LogP contribution is 2.18. The van der Waals surface area contributed by atoms with Gasteiger partial charge in [0.1, 0.15) is 0 Å². The maximum atomic E-state index is 11.7.